The van der Waals surface area contributed by atoms with E-state index in [2.05, 4.69) is 20.6 Å². The van der Waals surface area contributed by atoms with E-state index in [0.717, 1.165) is 16.6 Å². The Balaban J connectivity index is 1.58. The number of halogens is 2. The molecule has 5 rings (SSSR count). The van der Waals surface area contributed by atoms with Gasteiger partial charge in [0.25, 0.3) is 0 Å². The van der Waals surface area contributed by atoms with E-state index in [4.69, 9.17) is 11.6 Å². The zero-order valence-electron chi connectivity index (χ0n) is 19.9. The van der Waals surface area contributed by atoms with Crippen molar-refractivity contribution in [1.82, 2.24) is 9.97 Å². The van der Waals surface area contributed by atoms with E-state index in [0.29, 0.717) is 50.0 Å². The summed E-state index contributed by atoms with van der Waals surface area (Å²) < 4.78 is 15.7. The molecule has 2 amide bonds. The van der Waals surface area contributed by atoms with Crippen LogP contribution in [0.5, 0.6) is 5.75 Å². The van der Waals surface area contributed by atoms with E-state index in [1.807, 2.05) is 44.7 Å². The number of para-hydroxylation sites is 2. The van der Waals surface area contributed by atoms with Crippen LogP contribution >= 0.6 is 34.3 Å². The van der Waals surface area contributed by atoms with Crippen molar-refractivity contribution in [1.29, 1.82) is 0 Å². The number of aryl methyl sites for hydroxylation is 2. The number of fused-ring (bicyclic) bond motifs is 1. The summed E-state index contributed by atoms with van der Waals surface area (Å²) in [5.74, 6) is -0.333. The molecule has 0 radical (unpaired) electrons. The van der Waals surface area contributed by atoms with Crippen LogP contribution in [0.15, 0.2) is 35.7 Å². The number of benzene rings is 2. The van der Waals surface area contributed by atoms with Gasteiger partial charge in [-0.3, -0.25) is 5.32 Å². The van der Waals surface area contributed by atoms with Crippen molar-refractivity contribution in [2.45, 2.75) is 33.1 Å². The minimum atomic E-state index is -0.523. The number of amides is 2. The fraction of sp³-hybridized carbons (Fsp3) is 0.240. The van der Waals surface area contributed by atoms with Gasteiger partial charge in [0.15, 0.2) is 4.47 Å². The molecular formula is C25H23ClFN5O2S2. The number of phenolic OH excluding ortho intramolecular Hbond substituents is 1. The number of carbonyl (C=O) groups excluding carboxylic acids is 1. The summed E-state index contributed by atoms with van der Waals surface area (Å²) >= 11 is 8.51. The first-order valence-electron chi connectivity index (χ1n) is 11.1. The van der Waals surface area contributed by atoms with E-state index in [9.17, 15) is 9.90 Å². The van der Waals surface area contributed by atoms with Gasteiger partial charge in [-0.15, -0.1) is 22.7 Å². The lowest BCUT2D eigenvalue weighted by Crippen LogP contribution is -2.27. The molecule has 3 heterocycles. The highest BCUT2D eigenvalue weighted by Gasteiger charge is 2.42. The van der Waals surface area contributed by atoms with Crippen molar-refractivity contribution < 1.29 is 14.3 Å². The Labute approximate surface area is 220 Å². The number of anilines is 4. The maximum atomic E-state index is 15.4. The molecule has 0 spiro atoms. The number of carbonyl (C=O) groups is 1. The summed E-state index contributed by atoms with van der Waals surface area (Å²) in [6.45, 7) is 8.33. The second-order valence-electron chi connectivity index (χ2n) is 9.19. The van der Waals surface area contributed by atoms with Crippen LogP contribution in [0.25, 0.3) is 10.6 Å². The van der Waals surface area contributed by atoms with Gasteiger partial charge in [-0.1, -0.05) is 37.6 Å². The average molecular weight is 544 g/mol. The molecule has 0 atom stereocenters. The lowest BCUT2D eigenvalue weighted by atomic mass is 9.83. The normalized spacial score (nSPS) is 14.1. The quantitative estimate of drug-likeness (QED) is 0.248. The molecule has 0 saturated heterocycles. The predicted molar refractivity (Wildman–Crippen MR) is 145 cm³/mol. The van der Waals surface area contributed by atoms with Gasteiger partial charge >= 0.3 is 6.03 Å². The Hall–Kier alpha value is -3.21. The van der Waals surface area contributed by atoms with Crippen molar-refractivity contribution in [3.63, 3.8) is 0 Å². The largest absolute Gasteiger partial charge is 0.506 e. The summed E-state index contributed by atoms with van der Waals surface area (Å²) in [7, 11) is 0. The number of phenols is 1. The monoisotopic (exact) mass is 543 g/mol. The van der Waals surface area contributed by atoms with Crippen molar-refractivity contribution in [2.24, 2.45) is 0 Å². The first-order valence-corrected chi connectivity index (χ1v) is 13.2. The van der Waals surface area contributed by atoms with E-state index >= 15 is 4.39 Å². The molecule has 0 saturated carbocycles. The van der Waals surface area contributed by atoms with Crippen molar-refractivity contribution in [3.05, 3.63) is 62.1 Å². The lowest BCUT2D eigenvalue weighted by molar-refractivity contribution is 0.262. The third-order valence-electron chi connectivity index (χ3n) is 6.13. The fourth-order valence-electron chi connectivity index (χ4n) is 4.50. The Morgan fingerprint density at radius 1 is 1.22 bits per heavy atom. The minimum absolute atomic E-state index is 0.168. The van der Waals surface area contributed by atoms with Gasteiger partial charge in [0.2, 0.25) is 0 Å². The first-order chi connectivity index (χ1) is 17.0. The number of nitrogens with one attached hydrogen (secondary N) is 2. The number of hydrogen-bond donors (Lipinski definition) is 3. The van der Waals surface area contributed by atoms with E-state index in [1.54, 1.807) is 17.5 Å². The standard InChI is InChI=1S/C25H23ClFN5O2S2/c1-12-13(2)36-22(28-12)19-14(27)9-17(33)21-20(19)25(3,4)11-32(21)16-8-6-5-7-15(16)29-24(34)31-18-10-35-23(26)30-18/h5-10,33H,11H2,1-4H3,(H2,29,31,34). The molecule has 4 aromatic rings. The Morgan fingerprint density at radius 3 is 2.64 bits per heavy atom. The first kappa shape index (κ1) is 24.5. The Bertz CT molecular complexity index is 1480. The molecule has 11 heteroatoms. The smallest absolute Gasteiger partial charge is 0.324 e. The molecule has 0 fully saturated rings. The molecule has 0 aliphatic carbocycles. The molecule has 0 unspecified atom stereocenters. The molecule has 1 aliphatic heterocycles. The Kier molecular flexibility index (Phi) is 6.14. The van der Waals surface area contributed by atoms with Gasteiger partial charge in [-0.25, -0.2) is 19.2 Å². The number of rotatable bonds is 4. The minimum Gasteiger partial charge on any atom is -0.506 e. The highest BCUT2D eigenvalue weighted by Crippen LogP contribution is 2.54. The van der Waals surface area contributed by atoms with Gasteiger partial charge in [-0.2, -0.15) is 0 Å². The van der Waals surface area contributed by atoms with Crippen molar-refractivity contribution in [3.8, 4) is 16.3 Å². The molecule has 3 N–H and O–H groups in total. The second kappa shape index (κ2) is 9.02. The van der Waals surface area contributed by atoms with Crippen molar-refractivity contribution >= 4 is 63.2 Å². The maximum Gasteiger partial charge on any atom is 0.324 e. The molecule has 2 aromatic carbocycles. The topological polar surface area (TPSA) is 90.4 Å². The predicted octanol–water partition coefficient (Wildman–Crippen LogP) is 7.45. The Morgan fingerprint density at radius 2 is 1.97 bits per heavy atom. The molecule has 2 aromatic heterocycles. The summed E-state index contributed by atoms with van der Waals surface area (Å²) in [4.78, 5) is 24.3. The number of urea groups is 1. The van der Waals surface area contributed by atoms with Crippen LogP contribution in [0.2, 0.25) is 4.47 Å². The summed E-state index contributed by atoms with van der Waals surface area (Å²) in [5, 5.41) is 18.7. The van der Waals surface area contributed by atoms with Gasteiger partial charge < -0.3 is 15.3 Å². The molecule has 36 heavy (non-hydrogen) atoms. The van der Waals surface area contributed by atoms with Crippen LogP contribution in [0, 0.1) is 19.7 Å². The third kappa shape index (κ3) is 4.29. The van der Waals surface area contributed by atoms with Crippen LogP contribution in [-0.2, 0) is 5.41 Å². The molecule has 7 nitrogen and oxygen atoms in total. The SMILES string of the molecule is Cc1nc(-c2c(F)cc(O)c3c2C(C)(C)CN3c2ccccc2NC(=O)Nc2csc(Cl)n2)sc1C. The highest BCUT2D eigenvalue weighted by molar-refractivity contribution is 7.15. The molecule has 0 bridgehead atoms. The zero-order chi connectivity index (χ0) is 25.8. The zero-order valence-corrected chi connectivity index (χ0v) is 22.3. The van der Waals surface area contributed by atoms with E-state index < -0.39 is 17.3 Å². The van der Waals surface area contributed by atoms with Crippen molar-refractivity contribution in [2.75, 3.05) is 22.1 Å². The number of thiazole rings is 2. The van der Waals surface area contributed by atoms with E-state index in [1.165, 1.54) is 22.7 Å². The number of aromatic hydroxyl groups is 1. The van der Waals surface area contributed by atoms with Crippen LogP contribution in [0.3, 0.4) is 0 Å². The average Bonchev–Trinajstić information content (AvgIpc) is 3.44. The molecule has 1 aliphatic rings. The van der Waals surface area contributed by atoms with Crippen LogP contribution in [0.1, 0.15) is 30.0 Å². The van der Waals surface area contributed by atoms with E-state index in [-0.39, 0.29) is 5.75 Å². The summed E-state index contributed by atoms with van der Waals surface area (Å²) in [5.41, 5.74) is 3.10. The van der Waals surface area contributed by atoms with Crippen LogP contribution in [0.4, 0.5) is 32.1 Å². The maximum absolute atomic E-state index is 15.4. The number of aromatic nitrogens is 2. The number of nitrogens with zero attached hydrogens (tertiary/aromatic N) is 3. The van der Waals surface area contributed by atoms with Gasteiger partial charge in [-0.05, 0) is 26.0 Å². The third-order valence-corrected chi connectivity index (χ3v) is 8.20. The highest BCUT2D eigenvalue weighted by atomic mass is 35.5. The number of hydrogen-bond acceptors (Lipinski definition) is 7. The van der Waals surface area contributed by atoms with Gasteiger partial charge in [0, 0.05) is 33.8 Å². The van der Waals surface area contributed by atoms with Crippen LogP contribution < -0.4 is 15.5 Å². The van der Waals surface area contributed by atoms with Gasteiger partial charge in [0.1, 0.15) is 22.4 Å². The fourth-order valence-corrected chi connectivity index (χ4v) is 6.16. The summed E-state index contributed by atoms with van der Waals surface area (Å²) in [6, 6.07) is 7.92. The molecule has 186 valence electrons. The van der Waals surface area contributed by atoms with Crippen LogP contribution in [-0.4, -0.2) is 27.7 Å². The lowest BCUT2D eigenvalue weighted by Gasteiger charge is -2.25. The summed E-state index contributed by atoms with van der Waals surface area (Å²) in [6.07, 6.45) is 0. The molecular weight excluding hydrogens is 521 g/mol. The van der Waals surface area contributed by atoms with Gasteiger partial charge in [0.05, 0.1) is 28.3 Å². The second-order valence-corrected chi connectivity index (χ2v) is 11.8.